The average molecular weight is 492 g/mol. The number of carbonyl (C=O) groups excluding carboxylic acids is 1. The van der Waals surface area contributed by atoms with Gasteiger partial charge in [-0.2, -0.15) is 0 Å². The quantitative estimate of drug-likeness (QED) is 0.464. The summed E-state index contributed by atoms with van der Waals surface area (Å²) in [6.45, 7) is 4.15. The van der Waals surface area contributed by atoms with Gasteiger partial charge in [0.15, 0.2) is 11.5 Å². The number of carbonyl (C=O) groups is 1. The van der Waals surface area contributed by atoms with Gasteiger partial charge in [-0.25, -0.2) is 4.39 Å². The van der Waals surface area contributed by atoms with Gasteiger partial charge in [0, 0.05) is 32.7 Å². The summed E-state index contributed by atoms with van der Waals surface area (Å²) in [7, 11) is 3.69. The van der Waals surface area contributed by atoms with E-state index in [1.807, 2.05) is 59.5 Å². The highest BCUT2D eigenvalue weighted by Crippen LogP contribution is 2.29. The van der Waals surface area contributed by atoms with Crippen molar-refractivity contribution in [2.45, 2.75) is 19.1 Å². The van der Waals surface area contributed by atoms with Gasteiger partial charge in [0.1, 0.15) is 18.5 Å². The van der Waals surface area contributed by atoms with E-state index in [9.17, 15) is 9.18 Å². The van der Waals surface area contributed by atoms with Crippen LogP contribution in [-0.2, 0) is 17.8 Å². The molecular weight excluding hydrogens is 457 g/mol. The zero-order chi connectivity index (χ0) is 25.3. The van der Waals surface area contributed by atoms with Crippen molar-refractivity contribution < 1.29 is 18.7 Å². The van der Waals surface area contributed by atoms with Crippen molar-refractivity contribution in [3.63, 3.8) is 0 Å². The maximum atomic E-state index is 13.4. The number of benzene rings is 3. The molecule has 1 aliphatic rings. The lowest BCUT2D eigenvalue weighted by Gasteiger charge is -2.35. The first-order valence-electron chi connectivity index (χ1n) is 12.3. The fourth-order valence-corrected chi connectivity index (χ4v) is 4.34. The standard InChI is InChI=1S/C29H34FN3O3/c1-32-15-17-33(18-16-32)29(34)28(24-8-4-3-5-9-24)31-14-13-22-11-12-26(27(20-22)35-2)36-21-23-7-6-10-25(30)19-23/h3-12,19-20,28,31H,13-18,21H2,1-2H3. The number of piperazine rings is 1. The molecule has 1 atom stereocenters. The number of nitrogens with one attached hydrogen (secondary N) is 1. The number of likely N-dealkylation sites (N-methyl/N-ethyl adjacent to an activating group) is 1. The number of nitrogens with zero attached hydrogens (tertiary/aromatic N) is 2. The maximum Gasteiger partial charge on any atom is 0.244 e. The van der Waals surface area contributed by atoms with Crippen LogP contribution in [0.2, 0.25) is 0 Å². The average Bonchev–Trinajstić information content (AvgIpc) is 2.91. The van der Waals surface area contributed by atoms with Gasteiger partial charge < -0.3 is 24.6 Å². The number of amides is 1. The van der Waals surface area contributed by atoms with E-state index in [0.29, 0.717) is 18.0 Å². The van der Waals surface area contributed by atoms with Gasteiger partial charge >= 0.3 is 0 Å². The van der Waals surface area contributed by atoms with Gasteiger partial charge in [-0.15, -0.1) is 0 Å². The normalized spacial score (nSPS) is 14.9. The van der Waals surface area contributed by atoms with Crippen LogP contribution in [0.1, 0.15) is 22.7 Å². The maximum absolute atomic E-state index is 13.4. The molecule has 190 valence electrons. The van der Waals surface area contributed by atoms with Crippen LogP contribution in [0, 0.1) is 5.82 Å². The largest absolute Gasteiger partial charge is 0.493 e. The number of rotatable bonds is 10. The summed E-state index contributed by atoms with van der Waals surface area (Å²) in [6, 6.07) is 21.7. The molecule has 0 radical (unpaired) electrons. The first-order chi connectivity index (χ1) is 17.5. The van der Waals surface area contributed by atoms with Gasteiger partial charge in [0.2, 0.25) is 5.91 Å². The van der Waals surface area contributed by atoms with Crippen molar-refractivity contribution in [2.75, 3.05) is 46.9 Å². The van der Waals surface area contributed by atoms with Crippen molar-refractivity contribution in [3.8, 4) is 11.5 Å². The van der Waals surface area contributed by atoms with Crippen LogP contribution in [0.5, 0.6) is 11.5 Å². The van der Waals surface area contributed by atoms with Gasteiger partial charge in [0.25, 0.3) is 0 Å². The SMILES string of the molecule is COc1cc(CCNC(C(=O)N2CCN(C)CC2)c2ccccc2)ccc1OCc1cccc(F)c1. The predicted molar refractivity (Wildman–Crippen MR) is 139 cm³/mol. The zero-order valence-electron chi connectivity index (χ0n) is 21.0. The molecule has 1 amide bonds. The minimum atomic E-state index is -0.384. The second kappa shape index (κ2) is 12.5. The topological polar surface area (TPSA) is 54.0 Å². The Morgan fingerprint density at radius 2 is 1.72 bits per heavy atom. The molecular formula is C29H34FN3O3. The molecule has 1 saturated heterocycles. The number of halogens is 1. The highest BCUT2D eigenvalue weighted by Gasteiger charge is 2.27. The molecule has 1 N–H and O–H groups in total. The Morgan fingerprint density at radius 3 is 2.44 bits per heavy atom. The smallest absolute Gasteiger partial charge is 0.244 e. The third kappa shape index (κ3) is 6.83. The zero-order valence-corrected chi connectivity index (χ0v) is 21.0. The highest BCUT2D eigenvalue weighted by atomic mass is 19.1. The molecule has 1 aliphatic heterocycles. The Balaban J connectivity index is 1.38. The summed E-state index contributed by atoms with van der Waals surface area (Å²) in [5.41, 5.74) is 2.79. The summed E-state index contributed by atoms with van der Waals surface area (Å²) in [5.74, 6) is 1.06. The Labute approximate surface area is 212 Å². The molecule has 0 saturated carbocycles. The number of hydrogen-bond donors (Lipinski definition) is 1. The molecule has 6 nitrogen and oxygen atoms in total. The van der Waals surface area contributed by atoms with E-state index in [0.717, 1.165) is 49.3 Å². The lowest BCUT2D eigenvalue weighted by Crippen LogP contribution is -2.50. The van der Waals surface area contributed by atoms with Gasteiger partial charge in [-0.3, -0.25) is 4.79 Å². The van der Waals surface area contributed by atoms with Crippen molar-refractivity contribution >= 4 is 5.91 Å². The minimum absolute atomic E-state index is 0.118. The van der Waals surface area contributed by atoms with Crippen LogP contribution >= 0.6 is 0 Å². The summed E-state index contributed by atoms with van der Waals surface area (Å²) in [6.07, 6.45) is 0.722. The second-order valence-corrected chi connectivity index (χ2v) is 9.08. The molecule has 1 unspecified atom stereocenters. The van der Waals surface area contributed by atoms with Gasteiger partial charge in [-0.1, -0.05) is 48.5 Å². The fraction of sp³-hybridized carbons (Fsp3) is 0.345. The van der Waals surface area contributed by atoms with Crippen molar-refractivity contribution in [3.05, 3.63) is 95.3 Å². The van der Waals surface area contributed by atoms with E-state index in [-0.39, 0.29) is 24.4 Å². The van der Waals surface area contributed by atoms with E-state index in [1.165, 1.54) is 12.1 Å². The molecule has 1 fully saturated rings. The van der Waals surface area contributed by atoms with Crippen molar-refractivity contribution in [1.82, 2.24) is 15.1 Å². The predicted octanol–water partition coefficient (Wildman–Crippen LogP) is 4.06. The molecule has 0 bridgehead atoms. The Bertz CT molecular complexity index is 1130. The third-order valence-corrected chi connectivity index (χ3v) is 6.47. The monoisotopic (exact) mass is 491 g/mol. The van der Waals surface area contributed by atoms with E-state index < -0.39 is 0 Å². The minimum Gasteiger partial charge on any atom is -0.493 e. The van der Waals surface area contributed by atoms with Crippen LogP contribution in [0.15, 0.2) is 72.8 Å². The molecule has 0 aromatic heterocycles. The summed E-state index contributed by atoms with van der Waals surface area (Å²) in [5, 5.41) is 3.48. The van der Waals surface area contributed by atoms with Crippen LogP contribution in [-0.4, -0.2) is 62.6 Å². The van der Waals surface area contributed by atoms with E-state index in [1.54, 1.807) is 13.2 Å². The molecule has 1 heterocycles. The number of ether oxygens (including phenoxy) is 2. The van der Waals surface area contributed by atoms with Crippen LogP contribution in [0.4, 0.5) is 4.39 Å². The fourth-order valence-electron chi connectivity index (χ4n) is 4.34. The number of methoxy groups -OCH3 is 1. The van der Waals surface area contributed by atoms with Gasteiger partial charge in [-0.05, 0) is 54.4 Å². The second-order valence-electron chi connectivity index (χ2n) is 9.08. The lowest BCUT2D eigenvalue weighted by atomic mass is 10.0. The molecule has 3 aromatic rings. The first-order valence-corrected chi connectivity index (χ1v) is 12.3. The van der Waals surface area contributed by atoms with E-state index in [4.69, 9.17) is 9.47 Å². The lowest BCUT2D eigenvalue weighted by molar-refractivity contribution is -0.135. The molecule has 7 heteroatoms. The van der Waals surface area contributed by atoms with Gasteiger partial charge in [0.05, 0.1) is 7.11 Å². The summed E-state index contributed by atoms with van der Waals surface area (Å²) in [4.78, 5) is 17.6. The summed E-state index contributed by atoms with van der Waals surface area (Å²) >= 11 is 0. The highest BCUT2D eigenvalue weighted by molar-refractivity contribution is 5.83. The van der Waals surface area contributed by atoms with E-state index in [2.05, 4.69) is 17.3 Å². The molecule has 3 aromatic carbocycles. The molecule has 36 heavy (non-hydrogen) atoms. The third-order valence-electron chi connectivity index (χ3n) is 6.47. The first kappa shape index (κ1) is 25.7. The van der Waals surface area contributed by atoms with Crippen LogP contribution in [0.3, 0.4) is 0 Å². The Morgan fingerprint density at radius 1 is 0.944 bits per heavy atom. The van der Waals surface area contributed by atoms with Crippen LogP contribution < -0.4 is 14.8 Å². The van der Waals surface area contributed by atoms with Crippen LogP contribution in [0.25, 0.3) is 0 Å². The molecule has 4 rings (SSSR count). The Hall–Kier alpha value is -3.42. The van der Waals surface area contributed by atoms with E-state index >= 15 is 0 Å². The van der Waals surface area contributed by atoms with Crippen molar-refractivity contribution in [1.29, 1.82) is 0 Å². The molecule has 0 aliphatic carbocycles. The van der Waals surface area contributed by atoms with Crippen molar-refractivity contribution in [2.24, 2.45) is 0 Å². The number of hydrogen-bond acceptors (Lipinski definition) is 5. The molecule has 0 spiro atoms. The Kier molecular flexibility index (Phi) is 8.92. The summed E-state index contributed by atoms with van der Waals surface area (Å²) < 4.78 is 24.8.